The molecule has 0 unspecified atom stereocenters. The van der Waals surface area contributed by atoms with Crippen LogP contribution in [0.4, 0.5) is 0 Å². The third-order valence-corrected chi connectivity index (χ3v) is 5.55. The predicted molar refractivity (Wildman–Crippen MR) is 133 cm³/mol. The molecule has 2 aromatic carbocycles. The van der Waals surface area contributed by atoms with Crippen molar-refractivity contribution in [1.29, 1.82) is 0 Å². The summed E-state index contributed by atoms with van der Waals surface area (Å²) in [6.45, 7) is 3.82. The van der Waals surface area contributed by atoms with Crippen LogP contribution in [0.25, 0.3) is 21.7 Å². The molecule has 0 amide bonds. The van der Waals surface area contributed by atoms with E-state index < -0.39 is 0 Å². The Morgan fingerprint density at radius 1 is 1.19 bits per heavy atom. The van der Waals surface area contributed by atoms with E-state index in [1.165, 1.54) is 4.70 Å². The molecule has 0 fully saturated rings. The number of hydrogen-bond donors (Lipinski definition) is 0. The molecule has 1 radical (unpaired) electrons. The van der Waals surface area contributed by atoms with E-state index in [-0.39, 0.29) is 50.1 Å². The molecule has 4 aromatic rings. The van der Waals surface area contributed by atoms with Gasteiger partial charge in [0.25, 0.3) is 0 Å². The Bertz CT molecular complexity index is 1430. The number of hydrogen-bond acceptors (Lipinski definition) is 3. The van der Waals surface area contributed by atoms with Gasteiger partial charge in [-0.3, -0.25) is 0 Å². The Balaban J connectivity index is 0.000000234. The van der Waals surface area contributed by atoms with E-state index in [9.17, 15) is 0 Å². The summed E-state index contributed by atoms with van der Waals surface area (Å²) in [4.78, 5) is 9.18. The van der Waals surface area contributed by atoms with E-state index in [2.05, 4.69) is 40.8 Å². The minimum Gasteiger partial charge on any atom is -0.309 e. The molecular formula is C28H22IrN2S-2. The van der Waals surface area contributed by atoms with Crippen molar-refractivity contribution in [1.82, 2.24) is 4.98 Å². The van der Waals surface area contributed by atoms with Crippen molar-refractivity contribution >= 4 is 38.8 Å². The first-order valence-electron chi connectivity index (χ1n) is 11.8. The molecule has 0 saturated heterocycles. The zero-order valence-corrected chi connectivity index (χ0v) is 20.4. The second-order valence-electron chi connectivity index (χ2n) is 6.68. The van der Waals surface area contributed by atoms with Crippen molar-refractivity contribution in [2.24, 2.45) is 4.99 Å². The summed E-state index contributed by atoms with van der Waals surface area (Å²) in [6.07, 6.45) is 10.5. The number of thiophene rings is 1. The second kappa shape index (κ2) is 12.2. The molecule has 0 bridgehead atoms. The maximum Gasteiger partial charge on any atom is 0.0830 e. The summed E-state index contributed by atoms with van der Waals surface area (Å²) < 4.78 is 31.8. The number of aliphatic imine (C=N–C) groups is 1. The van der Waals surface area contributed by atoms with Gasteiger partial charge >= 0.3 is 0 Å². The van der Waals surface area contributed by atoms with Gasteiger partial charge < -0.3 is 9.98 Å². The van der Waals surface area contributed by atoms with Crippen LogP contribution in [-0.2, 0) is 20.1 Å². The molecular weight excluding hydrogens is 589 g/mol. The molecule has 3 heterocycles. The van der Waals surface area contributed by atoms with E-state index in [4.69, 9.17) is 5.48 Å². The minimum atomic E-state index is -0.347. The predicted octanol–water partition coefficient (Wildman–Crippen LogP) is 7.41. The third-order valence-electron chi connectivity index (χ3n) is 4.49. The Morgan fingerprint density at radius 3 is 2.84 bits per heavy atom. The molecule has 0 atom stereocenters. The van der Waals surface area contributed by atoms with Gasteiger partial charge in [-0.05, 0) is 46.6 Å². The Labute approximate surface area is 212 Å². The van der Waals surface area contributed by atoms with Gasteiger partial charge in [0.1, 0.15) is 0 Å². The molecule has 1 aliphatic heterocycles. The normalized spacial score (nSPS) is 14.3. The third kappa shape index (κ3) is 6.54. The number of benzene rings is 2. The maximum absolute atomic E-state index is 7.87. The van der Waals surface area contributed by atoms with Gasteiger partial charge in [0.2, 0.25) is 0 Å². The van der Waals surface area contributed by atoms with E-state index in [1.54, 1.807) is 17.4 Å². The Morgan fingerprint density at radius 2 is 2.06 bits per heavy atom. The van der Waals surface area contributed by atoms with Crippen molar-refractivity contribution in [3.63, 3.8) is 0 Å². The molecule has 1 aliphatic rings. The van der Waals surface area contributed by atoms with Crippen LogP contribution in [0.2, 0.25) is 0 Å². The van der Waals surface area contributed by atoms with Gasteiger partial charge in [-0.15, -0.1) is 53.6 Å². The van der Waals surface area contributed by atoms with Crippen LogP contribution in [0.1, 0.15) is 34.5 Å². The summed E-state index contributed by atoms with van der Waals surface area (Å²) in [5.41, 5.74) is 2.72. The molecule has 0 saturated carbocycles. The summed E-state index contributed by atoms with van der Waals surface area (Å²) >= 11 is 1.62. The van der Waals surface area contributed by atoms with Crippen LogP contribution in [0.3, 0.4) is 0 Å². The molecule has 2 aromatic heterocycles. The van der Waals surface area contributed by atoms with Crippen LogP contribution in [0, 0.1) is 12.1 Å². The van der Waals surface area contributed by atoms with Crippen molar-refractivity contribution in [3.05, 3.63) is 126 Å². The van der Waals surface area contributed by atoms with Crippen LogP contribution >= 0.6 is 11.3 Å². The van der Waals surface area contributed by atoms with Gasteiger partial charge in [0.05, 0.1) is 5.48 Å². The standard InChI is InChI=1S/C17H12NS.C11H10N.Ir/c1-13(16-7-4-5-11-18-16)9-10-15-12-14-6-2-3-8-17(14)19-15;1-2-6-10(7-3-1)11-8-4-5-9-12-11;/h2-8,10-12H,1H2;1-3,5-6,9H,4,8H2;/q2*-1;/i4D,5D,7D,11D;;. The van der Waals surface area contributed by atoms with E-state index >= 15 is 0 Å². The molecule has 0 spiro atoms. The Kier molecular flexibility index (Phi) is 7.11. The van der Waals surface area contributed by atoms with Crippen molar-refractivity contribution in [2.45, 2.75) is 12.8 Å². The Hall–Kier alpha value is -2.91. The first-order chi connectivity index (χ1) is 16.9. The number of nitrogens with zero attached hydrogens (tertiary/aromatic N) is 2. The zero-order chi connectivity index (χ0) is 24.8. The first-order valence-corrected chi connectivity index (χ1v) is 10.7. The SMILES string of the molecule is [2H]c1nc(C(=C)[C-]=Cc2cc3ccccc3s2)c([2H])c([2H])c1[2H].[Ir].[c-]1ccccc1C1=NC=CCC1. The van der Waals surface area contributed by atoms with Crippen LogP contribution in [0.15, 0.2) is 103 Å². The fourth-order valence-corrected chi connectivity index (χ4v) is 3.90. The van der Waals surface area contributed by atoms with E-state index in [0.29, 0.717) is 5.57 Å². The van der Waals surface area contributed by atoms with Crippen LogP contribution in [-0.4, -0.2) is 10.7 Å². The molecule has 4 heteroatoms. The summed E-state index contributed by atoms with van der Waals surface area (Å²) in [5, 5.41) is 1.15. The summed E-state index contributed by atoms with van der Waals surface area (Å²) in [6, 6.07) is 20.4. The molecule has 161 valence electrons. The molecule has 2 nitrogen and oxygen atoms in total. The topological polar surface area (TPSA) is 25.2 Å². The largest absolute Gasteiger partial charge is 0.309 e. The van der Waals surface area contributed by atoms with Gasteiger partial charge in [-0.2, -0.15) is 17.9 Å². The number of pyridine rings is 1. The fraction of sp³-hybridized carbons (Fsp3) is 0.0714. The van der Waals surface area contributed by atoms with Crippen LogP contribution in [0.5, 0.6) is 0 Å². The van der Waals surface area contributed by atoms with Gasteiger partial charge in [-0.1, -0.05) is 42.4 Å². The number of fused-ring (bicyclic) bond motifs is 1. The molecule has 0 aliphatic carbocycles. The average molecular weight is 615 g/mol. The van der Waals surface area contributed by atoms with Crippen molar-refractivity contribution < 1.29 is 25.6 Å². The number of rotatable bonds is 4. The molecule has 5 rings (SSSR count). The van der Waals surface area contributed by atoms with E-state index in [0.717, 1.165) is 34.4 Å². The smallest absolute Gasteiger partial charge is 0.0830 e. The van der Waals surface area contributed by atoms with Gasteiger partial charge in [-0.25, -0.2) is 0 Å². The first kappa shape index (κ1) is 18.6. The summed E-state index contributed by atoms with van der Waals surface area (Å²) in [7, 11) is 0. The average Bonchev–Trinajstić information content (AvgIpc) is 3.33. The van der Waals surface area contributed by atoms with Crippen molar-refractivity contribution in [2.75, 3.05) is 0 Å². The quantitative estimate of drug-likeness (QED) is 0.174. The van der Waals surface area contributed by atoms with Gasteiger partial charge in [0, 0.05) is 37.2 Å². The zero-order valence-electron chi connectivity index (χ0n) is 21.2. The maximum atomic E-state index is 7.87. The second-order valence-corrected chi connectivity index (χ2v) is 7.79. The summed E-state index contributed by atoms with van der Waals surface area (Å²) in [5.74, 6) is 0. The minimum absolute atomic E-state index is 0. The number of aromatic nitrogens is 1. The monoisotopic (exact) mass is 615 g/mol. The van der Waals surface area contributed by atoms with Crippen molar-refractivity contribution in [3.8, 4) is 0 Å². The molecule has 0 N–H and O–H groups in total. The van der Waals surface area contributed by atoms with Crippen LogP contribution < -0.4 is 0 Å². The van der Waals surface area contributed by atoms with E-state index in [1.807, 2.05) is 54.7 Å². The molecule has 32 heavy (non-hydrogen) atoms. The fourth-order valence-electron chi connectivity index (χ4n) is 2.95. The van der Waals surface area contributed by atoms with Gasteiger partial charge in [0.15, 0.2) is 0 Å². The number of allylic oxidation sites excluding steroid dienone is 3.